The molecule has 10 heteroatoms. The molecule has 2 aliphatic heterocycles. The van der Waals surface area contributed by atoms with Crippen molar-refractivity contribution in [3.63, 3.8) is 0 Å². The fourth-order valence-electron chi connectivity index (χ4n) is 6.15. The van der Waals surface area contributed by atoms with Crippen LogP contribution in [0.3, 0.4) is 0 Å². The molecule has 212 valence electrons. The lowest BCUT2D eigenvalue weighted by Crippen LogP contribution is -2.33. The first kappa shape index (κ1) is 27.9. The average Bonchev–Trinajstić information content (AvgIpc) is 3.81. The van der Waals surface area contributed by atoms with Gasteiger partial charge in [0.15, 0.2) is 0 Å². The van der Waals surface area contributed by atoms with Crippen LogP contribution < -0.4 is 4.90 Å². The lowest BCUT2D eigenvalue weighted by molar-refractivity contribution is -0.140. The van der Waals surface area contributed by atoms with Crippen molar-refractivity contribution in [3.8, 4) is 20.2 Å². The second-order valence-corrected chi connectivity index (χ2v) is 15.2. The van der Waals surface area contributed by atoms with Gasteiger partial charge in [-0.15, -0.1) is 34.4 Å². The molecule has 1 aliphatic carbocycles. The maximum atomic E-state index is 12.8. The molecule has 2 aromatic heterocycles. The highest BCUT2D eigenvalue weighted by Gasteiger charge is 2.42. The topological polar surface area (TPSA) is 60.9 Å². The summed E-state index contributed by atoms with van der Waals surface area (Å²) in [6, 6.07) is 24.6. The number of hydrogen-bond acceptors (Lipinski definition) is 8. The van der Waals surface area contributed by atoms with E-state index in [0.717, 1.165) is 23.3 Å². The van der Waals surface area contributed by atoms with Gasteiger partial charge < -0.3 is 10.0 Å². The third kappa shape index (κ3) is 5.03. The number of carboxylic acids is 1. The molecule has 42 heavy (non-hydrogen) atoms. The van der Waals surface area contributed by atoms with E-state index >= 15 is 0 Å². The molecule has 1 amide bonds. The van der Waals surface area contributed by atoms with E-state index in [-0.39, 0.29) is 10.2 Å². The van der Waals surface area contributed by atoms with Crippen molar-refractivity contribution in [1.29, 1.82) is 0 Å². The average molecular weight is 647 g/mol. The molecule has 1 N–H and O–H groups in total. The van der Waals surface area contributed by atoms with Crippen molar-refractivity contribution in [1.82, 2.24) is 4.90 Å². The molecule has 0 radical (unpaired) electrons. The van der Waals surface area contributed by atoms with Gasteiger partial charge in [-0.2, -0.15) is 0 Å². The molecule has 2 atom stereocenters. The highest BCUT2D eigenvalue weighted by molar-refractivity contribution is 8.26. The number of carbonyl (C=O) groups is 2. The summed E-state index contributed by atoms with van der Waals surface area (Å²) < 4.78 is 0.289. The molecular weight excluding hydrogens is 621 g/mol. The molecule has 5 nitrogen and oxygen atoms in total. The zero-order chi connectivity index (χ0) is 29.0. The van der Waals surface area contributed by atoms with E-state index in [0.29, 0.717) is 16.9 Å². The van der Waals surface area contributed by atoms with Crippen LogP contribution in [-0.2, 0) is 9.59 Å². The number of rotatable bonds is 7. The van der Waals surface area contributed by atoms with Gasteiger partial charge in [0.1, 0.15) is 10.9 Å². The van der Waals surface area contributed by atoms with Gasteiger partial charge in [-0.05, 0) is 90.4 Å². The van der Waals surface area contributed by atoms with Crippen LogP contribution in [0.4, 0.5) is 10.7 Å². The molecule has 0 bridgehead atoms. The van der Waals surface area contributed by atoms with E-state index in [9.17, 15) is 9.59 Å². The van der Waals surface area contributed by atoms with Crippen molar-refractivity contribution in [2.75, 3.05) is 17.7 Å². The van der Waals surface area contributed by atoms with Crippen LogP contribution in [0.25, 0.3) is 26.3 Å². The summed E-state index contributed by atoms with van der Waals surface area (Å²) in [5.41, 5.74) is 4.77. The van der Waals surface area contributed by atoms with Crippen LogP contribution in [0.1, 0.15) is 36.3 Å². The summed E-state index contributed by atoms with van der Waals surface area (Å²) in [7, 11) is 0. The van der Waals surface area contributed by atoms with Crippen molar-refractivity contribution < 1.29 is 14.7 Å². The standard InChI is InChI=1S/C32H26N2O3S5/c1-39-20-8-6-19(7-9-20)25-11-12-26(40-25)27-13-14-29(41-27)34-23-4-2-3-21(23)22-15-18(5-10-24(22)34)16-28-31(37)33(17-30(35)36)32(38)42-28/h5-16,21,23H,2-4,17H2,1H3,(H,35,36)/b28-16-. The number of nitrogens with zero attached hydrogens (tertiary/aromatic N) is 2. The molecule has 4 aromatic rings. The van der Waals surface area contributed by atoms with Crippen molar-refractivity contribution in [2.24, 2.45) is 0 Å². The summed E-state index contributed by atoms with van der Waals surface area (Å²) in [4.78, 5) is 33.3. The summed E-state index contributed by atoms with van der Waals surface area (Å²) in [5.74, 6) is -0.958. The Hall–Kier alpha value is -2.89. The summed E-state index contributed by atoms with van der Waals surface area (Å²) in [6.45, 7) is -0.411. The molecule has 2 aromatic carbocycles. The van der Waals surface area contributed by atoms with Gasteiger partial charge in [-0.25, -0.2) is 0 Å². The number of carboxylic acid groups (broad SMARTS) is 1. The van der Waals surface area contributed by atoms with Gasteiger partial charge in [0, 0.05) is 37.2 Å². The minimum atomic E-state index is -1.07. The second kappa shape index (κ2) is 11.3. The number of thioether (sulfide) groups is 2. The third-order valence-electron chi connectivity index (χ3n) is 8.04. The molecule has 3 aliphatic rings. The van der Waals surface area contributed by atoms with E-state index in [4.69, 9.17) is 17.3 Å². The largest absolute Gasteiger partial charge is 0.480 e. The van der Waals surface area contributed by atoms with E-state index in [1.54, 1.807) is 11.8 Å². The number of thiophene rings is 2. The Morgan fingerprint density at radius 2 is 1.79 bits per heavy atom. The number of amides is 1. The molecule has 2 unspecified atom stereocenters. The predicted octanol–water partition coefficient (Wildman–Crippen LogP) is 8.94. The monoisotopic (exact) mass is 646 g/mol. The van der Waals surface area contributed by atoms with E-state index < -0.39 is 12.5 Å². The Kier molecular flexibility index (Phi) is 7.52. The Bertz CT molecular complexity index is 1760. The van der Waals surface area contributed by atoms with Gasteiger partial charge in [0.2, 0.25) is 0 Å². The summed E-state index contributed by atoms with van der Waals surface area (Å²) in [6.07, 6.45) is 7.46. The number of hydrogen-bond donors (Lipinski definition) is 1. The van der Waals surface area contributed by atoms with Crippen LogP contribution >= 0.6 is 58.4 Å². The van der Waals surface area contributed by atoms with Gasteiger partial charge in [0.05, 0.1) is 9.91 Å². The first-order valence-electron chi connectivity index (χ1n) is 13.6. The molecule has 2 fully saturated rings. The second-order valence-electron chi connectivity index (χ2n) is 10.5. The molecule has 0 spiro atoms. The zero-order valence-electron chi connectivity index (χ0n) is 22.6. The lowest BCUT2D eigenvalue weighted by atomic mass is 9.96. The van der Waals surface area contributed by atoms with Gasteiger partial charge in [0.25, 0.3) is 5.91 Å². The number of thiocarbonyl (C=S) groups is 1. The zero-order valence-corrected chi connectivity index (χ0v) is 26.7. The number of fused-ring (bicyclic) bond motifs is 3. The van der Waals surface area contributed by atoms with Crippen LogP contribution in [0, 0.1) is 0 Å². The Morgan fingerprint density at radius 1 is 1.02 bits per heavy atom. The number of benzene rings is 2. The Balaban J connectivity index is 1.16. The van der Waals surface area contributed by atoms with E-state index in [1.165, 1.54) is 59.5 Å². The molecule has 4 heterocycles. The van der Waals surface area contributed by atoms with Crippen LogP contribution in [-0.4, -0.2) is 45.0 Å². The van der Waals surface area contributed by atoms with Gasteiger partial charge >= 0.3 is 5.97 Å². The predicted molar refractivity (Wildman–Crippen MR) is 181 cm³/mol. The number of aliphatic carboxylic acids is 1. The van der Waals surface area contributed by atoms with Crippen molar-refractivity contribution >= 4 is 91.4 Å². The molecule has 1 saturated heterocycles. The Morgan fingerprint density at radius 3 is 2.57 bits per heavy atom. The first-order valence-corrected chi connectivity index (χ1v) is 17.7. The highest BCUT2D eigenvalue weighted by Crippen LogP contribution is 2.54. The number of anilines is 2. The minimum Gasteiger partial charge on any atom is -0.480 e. The van der Waals surface area contributed by atoms with E-state index in [1.807, 2.05) is 28.7 Å². The fourth-order valence-corrected chi connectivity index (χ4v) is 9.99. The minimum absolute atomic E-state index is 0.289. The van der Waals surface area contributed by atoms with Gasteiger partial charge in [-0.1, -0.05) is 48.6 Å². The fraction of sp³-hybridized carbons (Fsp3) is 0.219. The quantitative estimate of drug-likeness (QED) is 0.122. The molecule has 1 saturated carbocycles. The SMILES string of the molecule is CSc1ccc(-c2ccc(-c3ccc(N4c5ccc(/C=C6\SC(=S)N(CC(=O)O)C6=O)cc5C5CCCC54)s3)s2)cc1. The summed E-state index contributed by atoms with van der Waals surface area (Å²) >= 11 is 11.9. The van der Waals surface area contributed by atoms with Crippen molar-refractivity contribution in [2.45, 2.75) is 36.1 Å². The molecular formula is C32H26N2O3S5. The first-order chi connectivity index (χ1) is 20.4. The van der Waals surface area contributed by atoms with Gasteiger partial charge in [-0.3, -0.25) is 14.5 Å². The van der Waals surface area contributed by atoms with E-state index in [2.05, 4.69) is 77.9 Å². The molecule has 7 rings (SSSR count). The summed E-state index contributed by atoms with van der Waals surface area (Å²) in [5, 5.41) is 10.4. The lowest BCUT2D eigenvalue weighted by Gasteiger charge is -2.25. The van der Waals surface area contributed by atoms with Crippen LogP contribution in [0.15, 0.2) is 76.5 Å². The number of carbonyl (C=O) groups excluding carboxylic acids is 1. The highest BCUT2D eigenvalue weighted by atomic mass is 32.2. The Labute approximate surface area is 266 Å². The third-order valence-corrected chi connectivity index (χ3v) is 12.6. The van der Waals surface area contributed by atoms with Crippen molar-refractivity contribution in [3.05, 3.63) is 82.8 Å². The maximum Gasteiger partial charge on any atom is 0.323 e. The maximum absolute atomic E-state index is 12.8. The van der Waals surface area contributed by atoms with Crippen LogP contribution in [0.5, 0.6) is 0 Å². The smallest absolute Gasteiger partial charge is 0.323 e. The van der Waals surface area contributed by atoms with Crippen LogP contribution in [0.2, 0.25) is 0 Å². The normalized spacial score (nSPS) is 20.5.